The first-order valence-electron chi connectivity index (χ1n) is 6.11. The highest BCUT2D eigenvalue weighted by Crippen LogP contribution is 2.18. The maximum atomic E-state index is 12.9. The van der Waals surface area contributed by atoms with Crippen LogP contribution in [0.3, 0.4) is 0 Å². The van der Waals surface area contributed by atoms with Crippen molar-refractivity contribution in [1.29, 1.82) is 0 Å². The Morgan fingerprint density at radius 2 is 2.11 bits per heavy atom. The van der Waals surface area contributed by atoms with Crippen molar-refractivity contribution in [1.82, 2.24) is 10.0 Å². The van der Waals surface area contributed by atoms with Crippen LogP contribution in [-0.2, 0) is 16.6 Å². The van der Waals surface area contributed by atoms with Crippen LogP contribution >= 0.6 is 11.6 Å². The lowest BCUT2D eigenvalue weighted by Crippen LogP contribution is -2.32. The summed E-state index contributed by atoms with van der Waals surface area (Å²) < 4.78 is 38.8. The first kappa shape index (κ1) is 14.7. The molecule has 0 aliphatic heterocycles. The van der Waals surface area contributed by atoms with E-state index in [0.717, 1.165) is 12.8 Å². The second kappa shape index (κ2) is 6.17. The van der Waals surface area contributed by atoms with Crippen LogP contribution in [0, 0.1) is 5.82 Å². The van der Waals surface area contributed by atoms with Gasteiger partial charge in [-0.05, 0) is 30.5 Å². The van der Waals surface area contributed by atoms with Gasteiger partial charge in [0.15, 0.2) is 0 Å². The van der Waals surface area contributed by atoms with Gasteiger partial charge in [0.1, 0.15) is 5.82 Å². The van der Waals surface area contributed by atoms with E-state index in [-0.39, 0.29) is 17.3 Å². The highest BCUT2D eigenvalue weighted by molar-refractivity contribution is 7.89. The second-order valence-corrected chi connectivity index (χ2v) is 6.95. The molecule has 1 aliphatic carbocycles. The third kappa shape index (κ3) is 5.06. The number of nitrogens with one attached hydrogen (secondary N) is 2. The Bertz CT molecular complexity index is 547. The topological polar surface area (TPSA) is 58.2 Å². The van der Waals surface area contributed by atoms with E-state index in [4.69, 9.17) is 11.6 Å². The van der Waals surface area contributed by atoms with Crippen LogP contribution in [0.5, 0.6) is 0 Å². The highest BCUT2D eigenvalue weighted by atomic mass is 35.5. The molecule has 2 N–H and O–H groups in total. The summed E-state index contributed by atoms with van der Waals surface area (Å²) in [5.41, 5.74) is 0.630. The average Bonchev–Trinajstić information content (AvgIpc) is 3.15. The summed E-state index contributed by atoms with van der Waals surface area (Å²) in [4.78, 5) is 0. The molecule has 106 valence electrons. The Morgan fingerprint density at radius 3 is 2.74 bits per heavy atom. The minimum atomic E-state index is -3.32. The van der Waals surface area contributed by atoms with Gasteiger partial charge in [0.2, 0.25) is 10.0 Å². The minimum absolute atomic E-state index is 0.00732. The van der Waals surface area contributed by atoms with E-state index >= 15 is 0 Å². The quantitative estimate of drug-likeness (QED) is 0.805. The Labute approximate surface area is 117 Å². The van der Waals surface area contributed by atoms with Crippen LogP contribution < -0.4 is 10.0 Å². The Morgan fingerprint density at radius 1 is 1.37 bits per heavy atom. The van der Waals surface area contributed by atoms with E-state index in [2.05, 4.69) is 10.0 Å². The maximum absolute atomic E-state index is 12.9. The van der Waals surface area contributed by atoms with Crippen molar-refractivity contribution in [2.75, 3.05) is 12.3 Å². The van der Waals surface area contributed by atoms with Gasteiger partial charge in [0, 0.05) is 19.1 Å². The molecule has 1 fully saturated rings. The SMILES string of the molecule is O=S(=O)(CCNC1CC1)NCc1ccc(F)c(Cl)c1. The van der Waals surface area contributed by atoms with Crippen molar-refractivity contribution >= 4 is 21.6 Å². The van der Waals surface area contributed by atoms with Crippen molar-refractivity contribution in [3.05, 3.63) is 34.6 Å². The number of halogens is 2. The zero-order chi connectivity index (χ0) is 13.9. The molecule has 0 atom stereocenters. The molecule has 0 spiro atoms. The normalized spacial score (nSPS) is 15.7. The summed E-state index contributed by atoms with van der Waals surface area (Å²) in [6.07, 6.45) is 2.25. The molecule has 0 saturated heterocycles. The summed E-state index contributed by atoms with van der Waals surface area (Å²) in [7, 11) is -3.32. The van der Waals surface area contributed by atoms with E-state index in [1.54, 1.807) is 0 Å². The number of rotatable bonds is 7. The Hall–Kier alpha value is -0.690. The molecule has 0 heterocycles. The first-order valence-corrected chi connectivity index (χ1v) is 8.14. The van der Waals surface area contributed by atoms with Crippen LogP contribution in [0.4, 0.5) is 4.39 Å². The largest absolute Gasteiger partial charge is 0.313 e. The van der Waals surface area contributed by atoms with Gasteiger partial charge in [-0.25, -0.2) is 17.5 Å². The number of sulfonamides is 1. The average molecular weight is 307 g/mol. The summed E-state index contributed by atoms with van der Waals surface area (Å²) in [5, 5.41) is 3.13. The lowest BCUT2D eigenvalue weighted by Gasteiger charge is -2.08. The molecule has 0 radical (unpaired) electrons. The van der Waals surface area contributed by atoms with Crippen LogP contribution in [0.15, 0.2) is 18.2 Å². The van der Waals surface area contributed by atoms with Gasteiger partial charge in [0.25, 0.3) is 0 Å². The van der Waals surface area contributed by atoms with Gasteiger partial charge < -0.3 is 5.32 Å². The molecule has 1 aliphatic rings. The molecule has 1 saturated carbocycles. The molecule has 0 unspecified atom stereocenters. The molecule has 1 aromatic rings. The molecular formula is C12H16ClFN2O2S. The molecule has 0 bridgehead atoms. The van der Waals surface area contributed by atoms with Crippen molar-refractivity contribution in [2.45, 2.75) is 25.4 Å². The van der Waals surface area contributed by atoms with Crippen molar-refractivity contribution in [2.24, 2.45) is 0 Å². The van der Waals surface area contributed by atoms with Crippen molar-refractivity contribution in [3.8, 4) is 0 Å². The molecule has 7 heteroatoms. The third-order valence-electron chi connectivity index (χ3n) is 2.86. The molecule has 19 heavy (non-hydrogen) atoms. The predicted molar refractivity (Wildman–Crippen MR) is 73.1 cm³/mol. The number of hydrogen-bond donors (Lipinski definition) is 2. The first-order chi connectivity index (χ1) is 8.96. The minimum Gasteiger partial charge on any atom is -0.313 e. The van der Waals surface area contributed by atoms with Gasteiger partial charge in [0.05, 0.1) is 10.8 Å². The summed E-state index contributed by atoms with van der Waals surface area (Å²) in [5.74, 6) is -0.472. The lowest BCUT2D eigenvalue weighted by molar-refractivity contribution is 0.576. The highest BCUT2D eigenvalue weighted by Gasteiger charge is 2.21. The van der Waals surface area contributed by atoms with Gasteiger partial charge >= 0.3 is 0 Å². The molecule has 0 amide bonds. The summed E-state index contributed by atoms with van der Waals surface area (Å²) in [6.45, 7) is 0.565. The van der Waals surface area contributed by atoms with Crippen LogP contribution in [0.25, 0.3) is 0 Å². The summed E-state index contributed by atoms with van der Waals surface area (Å²) in [6, 6.07) is 4.64. The van der Waals surface area contributed by atoms with E-state index in [9.17, 15) is 12.8 Å². The second-order valence-electron chi connectivity index (χ2n) is 4.62. The molecular weight excluding hydrogens is 291 g/mol. The zero-order valence-electron chi connectivity index (χ0n) is 10.3. The van der Waals surface area contributed by atoms with Crippen molar-refractivity contribution < 1.29 is 12.8 Å². The molecule has 1 aromatic carbocycles. The van der Waals surface area contributed by atoms with Crippen LogP contribution in [0.2, 0.25) is 5.02 Å². The lowest BCUT2D eigenvalue weighted by atomic mass is 10.2. The Kier molecular flexibility index (Phi) is 4.78. The van der Waals surface area contributed by atoms with Gasteiger partial charge in [-0.3, -0.25) is 0 Å². The van der Waals surface area contributed by atoms with Crippen molar-refractivity contribution in [3.63, 3.8) is 0 Å². The molecule has 0 aromatic heterocycles. The standard InChI is InChI=1S/C12H16ClFN2O2S/c13-11-7-9(1-4-12(11)14)8-16-19(17,18)6-5-15-10-2-3-10/h1,4,7,10,15-16H,2-3,5-6,8H2. The van der Waals surface area contributed by atoms with E-state index in [1.807, 2.05) is 0 Å². The van der Waals surface area contributed by atoms with Crippen LogP contribution in [0.1, 0.15) is 18.4 Å². The smallest absolute Gasteiger partial charge is 0.213 e. The Balaban J connectivity index is 1.80. The van der Waals surface area contributed by atoms with Gasteiger partial charge in [-0.15, -0.1) is 0 Å². The van der Waals surface area contributed by atoms with E-state index in [0.29, 0.717) is 18.2 Å². The van der Waals surface area contributed by atoms with Gasteiger partial charge in [-0.1, -0.05) is 17.7 Å². The third-order valence-corrected chi connectivity index (χ3v) is 4.48. The summed E-state index contributed by atoms with van der Waals surface area (Å²) >= 11 is 5.63. The molecule has 4 nitrogen and oxygen atoms in total. The number of hydrogen-bond acceptors (Lipinski definition) is 3. The van der Waals surface area contributed by atoms with E-state index < -0.39 is 15.8 Å². The number of benzene rings is 1. The molecule has 2 rings (SSSR count). The van der Waals surface area contributed by atoms with Gasteiger partial charge in [-0.2, -0.15) is 0 Å². The monoisotopic (exact) mass is 306 g/mol. The van der Waals surface area contributed by atoms with Crippen LogP contribution in [-0.4, -0.2) is 26.8 Å². The van der Waals surface area contributed by atoms with E-state index in [1.165, 1.54) is 18.2 Å². The zero-order valence-corrected chi connectivity index (χ0v) is 11.9. The maximum Gasteiger partial charge on any atom is 0.213 e. The predicted octanol–water partition coefficient (Wildman–Crippen LogP) is 1.65. The fraction of sp³-hybridized carbons (Fsp3) is 0.500. The fourth-order valence-electron chi connectivity index (χ4n) is 1.60. The fourth-order valence-corrected chi connectivity index (χ4v) is 2.72.